The number of pyridine rings is 1. The predicted molar refractivity (Wildman–Crippen MR) is 146 cm³/mol. The number of primary amides is 1. The van der Waals surface area contributed by atoms with E-state index in [0.717, 1.165) is 28.2 Å². The molecule has 196 valence electrons. The fourth-order valence-electron chi connectivity index (χ4n) is 4.93. The van der Waals surface area contributed by atoms with Crippen LogP contribution in [0.25, 0.3) is 22.0 Å². The maximum Gasteiger partial charge on any atom is 0.248 e. The van der Waals surface area contributed by atoms with Crippen molar-refractivity contribution in [2.75, 3.05) is 0 Å². The lowest BCUT2D eigenvalue weighted by Gasteiger charge is -2.22. The second-order valence-corrected chi connectivity index (χ2v) is 9.43. The first-order chi connectivity index (χ1) is 18.8. The largest absolute Gasteiger partial charge is 0.366 e. The predicted octanol–water partition coefficient (Wildman–Crippen LogP) is 5.56. The summed E-state index contributed by atoms with van der Waals surface area (Å²) < 4.78 is 28.1. The number of nitrogens with one attached hydrogen (secondary N) is 2. The van der Waals surface area contributed by atoms with Crippen LogP contribution in [-0.2, 0) is 17.6 Å². The van der Waals surface area contributed by atoms with Gasteiger partial charge in [0, 0.05) is 40.0 Å². The van der Waals surface area contributed by atoms with Crippen molar-refractivity contribution < 1.29 is 18.4 Å². The third kappa shape index (κ3) is 5.70. The van der Waals surface area contributed by atoms with Crippen LogP contribution in [-0.4, -0.2) is 21.8 Å². The Morgan fingerprint density at radius 1 is 0.974 bits per heavy atom. The van der Waals surface area contributed by atoms with Crippen LogP contribution in [0.3, 0.4) is 0 Å². The van der Waals surface area contributed by atoms with Crippen LogP contribution in [0.5, 0.6) is 0 Å². The molecule has 2 heterocycles. The quantitative estimate of drug-likeness (QED) is 0.248. The Labute approximate surface area is 223 Å². The number of fused-ring (bicyclic) bond motifs is 1. The van der Waals surface area contributed by atoms with Gasteiger partial charge in [-0.2, -0.15) is 0 Å². The first-order valence-electron chi connectivity index (χ1n) is 12.4. The van der Waals surface area contributed by atoms with Gasteiger partial charge in [0.2, 0.25) is 11.8 Å². The third-order valence-corrected chi connectivity index (χ3v) is 6.69. The molecule has 0 spiro atoms. The highest BCUT2D eigenvalue weighted by Gasteiger charge is 2.23. The molecule has 5 rings (SSSR count). The molecule has 0 aliphatic carbocycles. The van der Waals surface area contributed by atoms with E-state index >= 15 is 0 Å². The Kier molecular flexibility index (Phi) is 7.19. The van der Waals surface area contributed by atoms with Gasteiger partial charge in [-0.3, -0.25) is 14.6 Å². The lowest BCUT2D eigenvalue weighted by atomic mass is 9.94. The molecule has 5 aromatic rings. The number of hydrogen-bond donors (Lipinski definition) is 3. The maximum absolute atomic E-state index is 14.1. The highest BCUT2D eigenvalue weighted by atomic mass is 19.1. The van der Waals surface area contributed by atoms with Crippen LogP contribution in [0.1, 0.15) is 38.9 Å². The van der Waals surface area contributed by atoms with Gasteiger partial charge in [-0.1, -0.05) is 36.4 Å². The van der Waals surface area contributed by atoms with Gasteiger partial charge in [-0.25, -0.2) is 8.78 Å². The number of nitrogens with zero attached hydrogens (tertiary/aromatic N) is 1. The van der Waals surface area contributed by atoms with E-state index in [4.69, 9.17) is 5.73 Å². The number of benzene rings is 3. The summed E-state index contributed by atoms with van der Waals surface area (Å²) in [6.07, 6.45) is 1.78. The Morgan fingerprint density at radius 2 is 1.74 bits per heavy atom. The topological polar surface area (TPSA) is 101 Å². The van der Waals surface area contributed by atoms with Crippen molar-refractivity contribution in [3.05, 3.63) is 125 Å². The van der Waals surface area contributed by atoms with E-state index in [1.807, 2.05) is 43.3 Å². The van der Waals surface area contributed by atoms with Gasteiger partial charge in [0.25, 0.3) is 0 Å². The van der Waals surface area contributed by atoms with Gasteiger partial charge in [0.05, 0.1) is 18.2 Å². The summed E-state index contributed by atoms with van der Waals surface area (Å²) in [5.74, 6) is -2.26. The molecule has 0 bridgehead atoms. The number of amides is 2. The van der Waals surface area contributed by atoms with Gasteiger partial charge in [0.1, 0.15) is 11.6 Å². The first-order valence-corrected chi connectivity index (χ1v) is 12.4. The fourth-order valence-corrected chi connectivity index (χ4v) is 4.93. The molecule has 0 aliphatic heterocycles. The molecule has 0 radical (unpaired) electrons. The van der Waals surface area contributed by atoms with Crippen molar-refractivity contribution in [1.82, 2.24) is 15.3 Å². The summed E-state index contributed by atoms with van der Waals surface area (Å²) in [5.41, 5.74) is 10.7. The van der Waals surface area contributed by atoms with Gasteiger partial charge < -0.3 is 16.0 Å². The van der Waals surface area contributed by atoms with Gasteiger partial charge >= 0.3 is 0 Å². The summed E-state index contributed by atoms with van der Waals surface area (Å²) in [4.78, 5) is 33.1. The van der Waals surface area contributed by atoms with E-state index in [1.165, 1.54) is 12.1 Å². The van der Waals surface area contributed by atoms with Gasteiger partial charge in [-0.05, 0) is 66.4 Å². The van der Waals surface area contributed by atoms with Crippen LogP contribution in [0.15, 0.2) is 85.1 Å². The van der Waals surface area contributed by atoms with Gasteiger partial charge in [0.15, 0.2) is 0 Å². The summed E-state index contributed by atoms with van der Waals surface area (Å²) in [7, 11) is 0. The first kappa shape index (κ1) is 25.8. The molecular formula is C31H26F2N4O2. The maximum atomic E-state index is 14.1. The lowest BCUT2D eigenvalue weighted by Crippen LogP contribution is -2.32. The minimum Gasteiger partial charge on any atom is -0.366 e. The molecule has 2 amide bonds. The third-order valence-electron chi connectivity index (χ3n) is 6.69. The Balaban J connectivity index is 1.53. The zero-order chi connectivity index (χ0) is 27.5. The van der Waals surface area contributed by atoms with E-state index in [1.54, 1.807) is 30.5 Å². The van der Waals surface area contributed by atoms with Gasteiger partial charge in [-0.15, -0.1) is 0 Å². The molecule has 3 aromatic carbocycles. The molecule has 2 aromatic heterocycles. The number of hydrogen-bond acceptors (Lipinski definition) is 3. The number of aryl methyl sites for hydroxylation is 1. The molecule has 0 fully saturated rings. The van der Waals surface area contributed by atoms with Crippen LogP contribution in [0, 0.1) is 18.6 Å². The zero-order valence-electron chi connectivity index (χ0n) is 21.2. The normalized spacial score (nSPS) is 11.9. The summed E-state index contributed by atoms with van der Waals surface area (Å²) in [5, 5.41) is 4.00. The molecule has 0 aliphatic rings. The van der Waals surface area contributed by atoms with E-state index in [0.29, 0.717) is 27.9 Å². The van der Waals surface area contributed by atoms with Crippen LogP contribution in [0.4, 0.5) is 8.78 Å². The average molecular weight is 525 g/mol. The number of aromatic amines is 1. The van der Waals surface area contributed by atoms with Crippen molar-refractivity contribution >= 4 is 22.7 Å². The van der Waals surface area contributed by atoms with Crippen molar-refractivity contribution in [2.45, 2.75) is 25.8 Å². The molecule has 8 heteroatoms. The molecule has 1 atom stereocenters. The number of nitrogens with two attached hydrogens (primary N) is 1. The molecule has 0 unspecified atom stereocenters. The highest BCUT2D eigenvalue weighted by molar-refractivity contribution is 5.94. The minimum absolute atomic E-state index is 0.0901. The highest BCUT2D eigenvalue weighted by Crippen LogP contribution is 2.30. The van der Waals surface area contributed by atoms with E-state index in [2.05, 4.69) is 15.3 Å². The zero-order valence-corrected chi connectivity index (χ0v) is 21.2. The van der Waals surface area contributed by atoms with Crippen LogP contribution >= 0.6 is 0 Å². The average Bonchev–Trinajstić information content (AvgIpc) is 3.22. The summed E-state index contributed by atoms with van der Waals surface area (Å²) in [6.45, 7) is 1.91. The number of aromatic nitrogens is 2. The van der Waals surface area contributed by atoms with Crippen LogP contribution in [0.2, 0.25) is 0 Å². The number of rotatable bonds is 8. The Hall–Kier alpha value is -4.85. The van der Waals surface area contributed by atoms with Crippen molar-refractivity contribution in [2.24, 2.45) is 5.73 Å². The van der Waals surface area contributed by atoms with Crippen molar-refractivity contribution in [3.63, 3.8) is 0 Å². The SMILES string of the molecule is Cc1[nH]c2ccccc2c1CC(=O)N[C@@H](Cc1cc(F)cc(F)c1)c1ncccc1-c1cccc(C(N)=O)c1. The lowest BCUT2D eigenvalue weighted by molar-refractivity contribution is -0.121. The summed E-state index contributed by atoms with van der Waals surface area (Å²) in [6, 6.07) is 20.6. The molecule has 4 N–H and O–H groups in total. The van der Waals surface area contributed by atoms with Crippen molar-refractivity contribution in [3.8, 4) is 11.1 Å². The molecule has 0 saturated heterocycles. The molecular weight excluding hydrogens is 498 g/mol. The number of carbonyl (C=O) groups excluding carboxylic acids is 2. The molecule has 0 saturated carbocycles. The Morgan fingerprint density at radius 3 is 2.51 bits per heavy atom. The summed E-state index contributed by atoms with van der Waals surface area (Å²) >= 11 is 0. The number of carbonyl (C=O) groups is 2. The van der Waals surface area contributed by atoms with Crippen LogP contribution < -0.4 is 11.1 Å². The number of para-hydroxylation sites is 1. The van der Waals surface area contributed by atoms with E-state index in [9.17, 15) is 18.4 Å². The smallest absolute Gasteiger partial charge is 0.248 e. The number of H-pyrrole nitrogens is 1. The monoisotopic (exact) mass is 524 g/mol. The van der Waals surface area contributed by atoms with E-state index < -0.39 is 23.6 Å². The number of halogens is 2. The second kappa shape index (κ2) is 10.9. The molecule has 39 heavy (non-hydrogen) atoms. The minimum atomic E-state index is -0.724. The fraction of sp³-hybridized carbons (Fsp3) is 0.129. The standard InChI is InChI=1S/C31H26F2N4O2/c1-18-26(25-8-2-3-10-27(25)36-18)17-29(38)37-28(14-19-12-22(32)16-23(33)13-19)30-24(9-5-11-35-30)20-6-4-7-21(15-20)31(34)39/h2-13,15-16,28,36H,14,17H2,1H3,(H2,34,39)(H,37,38)/t28-/m0/s1. The Bertz CT molecular complexity index is 1680. The second-order valence-electron chi connectivity index (χ2n) is 9.43. The van der Waals surface area contributed by atoms with Crippen molar-refractivity contribution in [1.29, 1.82) is 0 Å². The van der Waals surface area contributed by atoms with E-state index in [-0.39, 0.29) is 18.7 Å². The molecule has 6 nitrogen and oxygen atoms in total.